The Morgan fingerprint density at radius 3 is 2.46 bits per heavy atom. The highest BCUT2D eigenvalue weighted by atomic mass is 14.9. The van der Waals surface area contributed by atoms with Crippen LogP contribution < -0.4 is 5.32 Å². The summed E-state index contributed by atoms with van der Waals surface area (Å²) < 4.78 is 0. The van der Waals surface area contributed by atoms with Gasteiger partial charge in [-0.05, 0) is 39.6 Å². The number of nitrogens with one attached hydrogen (secondary N) is 3. The molecular weight excluding hydrogens is 454 g/mol. The van der Waals surface area contributed by atoms with E-state index in [1.54, 1.807) is 6.33 Å². The zero-order chi connectivity index (χ0) is 24.3. The number of nitrogens with zero attached hydrogens (tertiary/aromatic N) is 2. The second-order valence-corrected chi connectivity index (χ2v) is 9.66. The summed E-state index contributed by atoms with van der Waals surface area (Å²) in [7, 11) is 0. The number of pyridine rings is 1. The average Bonchev–Trinajstić information content (AvgIpc) is 3.70. The van der Waals surface area contributed by atoms with E-state index in [0.717, 1.165) is 50.9 Å². The average molecular weight is 478 g/mol. The van der Waals surface area contributed by atoms with Gasteiger partial charge in [-0.15, -0.1) is 0 Å². The van der Waals surface area contributed by atoms with Gasteiger partial charge in [0.15, 0.2) is 0 Å². The molecule has 7 aromatic rings. The topological polar surface area (TPSA) is 69.4 Å². The predicted molar refractivity (Wildman–Crippen MR) is 149 cm³/mol. The maximum Gasteiger partial charge on any atom is 0.0983 e. The van der Waals surface area contributed by atoms with Gasteiger partial charge in [-0.2, -0.15) is 0 Å². The highest BCUT2D eigenvalue weighted by Gasteiger charge is 2.30. The zero-order valence-corrected chi connectivity index (χ0v) is 20.0. The van der Waals surface area contributed by atoms with Gasteiger partial charge in [0, 0.05) is 40.8 Å². The van der Waals surface area contributed by atoms with E-state index in [4.69, 9.17) is 9.97 Å². The number of aromatic amines is 2. The van der Waals surface area contributed by atoms with Crippen molar-refractivity contribution in [1.29, 1.82) is 0 Å². The summed E-state index contributed by atoms with van der Waals surface area (Å²) in [5, 5.41) is 8.44. The number of hydrogen-bond acceptors (Lipinski definition) is 3. The molecule has 0 aliphatic carbocycles. The molecule has 0 radical (unpaired) electrons. The molecule has 8 rings (SSSR count). The molecule has 3 aromatic heterocycles. The molecule has 0 saturated heterocycles. The van der Waals surface area contributed by atoms with Crippen molar-refractivity contribution in [3.05, 3.63) is 120 Å². The summed E-state index contributed by atoms with van der Waals surface area (Å²) >= 11 is 0. The SMILES string of the molecule is c1ccc2c(c1)CNC2c1cc2[nH]cnc2c(-c2nccc3ccccc23)c1-c1[nH]cc2ccccc12. The Labute approximate surface area is 213 Å². The van der Waals surface area contributed by atoms with Gasteiger partial charge < -0.3 is 15.3 Å². The lowest BCUT2D eigenvalue weighted by Crippen LogP contribution is -2.15. The number of aromatic nitrogens is 4. The Bertz CT molecular complexity index is 1960. The molecule has 0 amide bonds. The molecule has 0 saturated carbocycles. The van der Waals surface area contributed by atoms with Crippen molar-refractivity contribution in [2.24, 2.45) is 0 Å². The number of imidazole rings is 1. The molecule has 0 spiro atoms. The molecule has 5 nitrogen and oxygen atoms in total. The first-order valence-electron chi connectivity index (χ1n) is 12.6. The number of benzene rings is 4. The Balaban J connectivity index is 1.55. The molecule has 3 N–H and O–H groups in total. The summed E-state index contributed by atoms with van der Waals surface area (Å²) in [5.41, 5.74) is 10.0. The first-order valence-corrected chi connectivity index (χ1v) is 12.6. The van der Waals surface area contributed by atoms with Crippen molar-refractivity contribution in [3.8, 4) is 22.5 Å². The Morgan fingerprint density at radius 2 is 1.51 bits per heavy atom. The van der Waals surface area contributed by atoms with Gasteiger partial charge in [-0.1, -0.05) is 72.8 Å². The lowest BCUT2D eigenvalue weighted by atomic mass is 9.86. The minimum atomic E-state index is 0.0506. The number of H-pyrrole nitrogens is 2. The molecule has 0 fully saturated rings. The van der Waals surface area contributed by atoms with E-state index in [1.807, 2.05) is 6.20 Å². The second kappa shape index (κ2) is 7.88. The van der Waals surface area contributed by atoms with Crippen molar-refractivity contribution < 1.29 is 0 Å². The minimum Gasteiger partial charge on any atom is -0.360 e. The van der Waals surface area contributed by atoms with Gasteiger partial charge in [0.25, 0.3) is 0 Å². The van der Waals surface area contributed by atoms with E-state index < -0.39 is 0 Å². The highest BCUT2D eigenvalue weighted by molar-refractivity contribution is 6.11. The molecule has 1 aliphatic rings. The molecule has 5 heteroatoms. The van der Waals surface area contributed by atoms with Gasteiger partial charge in [-0.3, -0.25) is 4.98 Å². The van der Waals surface area contributed by atoms with Gasteiger partial charge in [0.05, 0.1) is 34.8 Å². The third-order valence-electron chi connectivity index (χ3n) is 7.68. The van der Waals surface area contributed by atoms with Crippen LogP contribution in [-0.2, 0) is 6.54 Å². The minimum absolute atomic E-state index is 0.0506. The number of fused-ring (bicyclic) bond motifs is 4. The van der Waals surface area contributed by atoms with E-state index in [-0.39, 0.29) is 6.04 Å². The summed E-state index contributed by atoms with van der Waals surface area (Å²) in [6.45, 7) is 0.842. The van der Waals surface area contributed by atoms with Crippen LogP contribution in [-0.4, -0.2) is 19.9 Å². The maximum absolute atomic E-state index is 4.98. The van der Waals surface area contributed by atoms with E-state index in [1.165, 1.54) is 27.5 Å². The van der Waals surface area contributed by atoms with Gasteiger partial charge in [0.1, 0.15) is 0 Å². The van der Waals surface area contributed by atoms with Crippen LogP contribution in [0.3, 0.4) is 0 Å². The van der Waals surface area contributed by atoms with E-state index in [0.29, 0.717) is 0 Å². The van der Waals surface area contributed by atoms with Crippen molar-refractivity contribution >= 4 is 32.6 Å². The van der Waals surface area contributed by atoms with Crippen LogP contribution >= 0.6 is 0 Å². The standard InChI is InChI=1S/C32H23N5/c1-4-10-22-19(7-1)13-14-33-31(22)28-27(30-24-12-6-3-9-21(24)17-35-30)25(15-26-32(28)37-18-36-26)29-23-11-5-2-8-20(23)16-34-29/h1-15,17-18,29,34-35H,16H2,(H,36,37). The van der Waals surface area contributed by atoms with Gasteiger partial charge >= 0.3 is 0 Å². The molecule has 37 heavy (non-hydrogen) atoms. The molecule has 1 unspecified atom stereocenters. The van der Waals surface area contributed by atoms with Crippen LogP contribution in [0.2, 0.25) is 0 Å². The molecule has 1 aliphatic heterocycles. The predicted octanol–water partition coefficient (Wildman–Crippen LogP) is 7.12. The molecule has 4 aromatic carbocycles. The first-order chi connectivity index (χ1) is 18.4. The zero-order valence-electron chi connectivity index (χ0n) is 20.0. The van der Waals surface area contributed by atoms with E-state index in [9.17, 15) is 0 Å². The summed E-state index contributed by atoms with van der Waals surface area (Å²) in [6, 6.07) is 30.1. The van der Waals surface area contributed by atoms with Crippen molar-refractivity contribution in [3.63, 3.8) is 0 Å². The normalized spacial score (nSPS) is 15.1. The van der Waals surface area contributed by atoms with E-state index >= 15 is 0 Å². The smallest absolute Gasteiger partial charge is 0.0983 e. The summed E-state index contributed by atoms with van der Waals surface area (Å²) in [5.74, 6) is 0. The largest absolute Gasteiger partial charge is 0.360 e. The lowest BCUT2D eigenvalue weighted by Gasteiger charge is -2.21. The summed E-state index contributed by atoms with van der Waals surface area (Å²) in [6.07, 6.45) is 5.79. The van der Waals surface area contributed by atoms with Crippen LogP contribution in [0.15, 0.2) is 104 Å². The summed E-state index contributed by atoms with van der Waals surface area (Å²) in [4.78, 5) is 16.9. The molecule has 4 heterocycles. The fourth-order valence-electron chi connectivity index (χ4n) is 6.01. The molecular formula is C32H23N5. The monoisotopic (exact) mass is 477 g/mol. The lowest BCUT2D eigenvalue weighted by molar-refractivity contribution is 0.669. The fourth-order valence-corrected chi connectivity index (χ4v) is 6.01. The van der Waals surface area contributed by atoms with Crippen molar-refractivity contribution in [2.75, 3.05) is 0 Å². The second-order valence-electron chi connectivity index (χ2n) is 9.66. The van der Waals surface area contributed by atoms with Crippen molar-refractivity contribution in [1.82, 2.24) is 25.3 Å². The molecule has 0 bridgehead atoms. The van der Waals surface area contributed by atoms with Crippen LogP contribution in [0.4, 0.5) is 0 Å². The third-order valence-corrected chi connectivity index (χ3v) is 7.68. The van der Waals surface area contributed by atoms with Crippen LogP contribution in [0.5, 0.6) is 0 Å². The third kappa shape index (κ3) is 3.01. The molecule has 176 valence electrons. The van der Waals surface area contributed by atoms with Crippen molar-refractivity contribution in [2.45, 2.75) is 12.6 Å². The van der Waals surface area contributed by atoms with Crippen LogP contribution in [0.1, 0.15) is 22.7 Å². The van der Waals surface area contributed by atoms with Crippen LogP contribution in [0.25, 0.3) is 55.1 Å². The molecule has 1 atom stereocenters. The van der Waals surface area contributed by atoms with Gasteiger partial charge in [-0.25, -0.2) is 4.98 Å². The Morgan fingerprint density at radius 1 is 0.703 bits per heavy atom. The number of rotatable bonds is 3. The quantitative estimate of drug-likeness (QED) is 0.254. The Kier molecular flexibility index (Phi) is 4.36. The number of hydrogen-bond donors (Lipinski definition) is 3. The van der Waals surface area contributed by atoms with E-state index in [2.05, 4.69) is 106 Å². The highest BCUT2D eigenvalue weighted by Crippen LogP contribution is 2.47. The van der Waals surface area contributed by atoms with Gasteiger partial charge in [0.2, 0.25) is 0 Å². The fraction of sp³-hybridized carbons (Fsp3) is 0.0625. The first kappa shape index (κ1) is 20.5. The maximum atomic E-state index is 4.98. The van der Waals surface area contributed by atoms with Crippen LogP contribution in [0, 0.1) is 0 Å². The Hall–Kier alpha value is -4.74.